The zero-order chi connectivity index (χ0) is 17.2. The Morgan fingerprint density at radius 3 is 2.57 bits per heavy atom. The van der Waals surface area contributed by atoms with E-state index in [0.29, 0.717) is 18.7 Å². The zero-order valence-electron chi connectivity index (χ0n) is 13.1. The van der Waals surface area contributed by atoms with Crippen molar-refractivity contribution in [2.75, 3.05) is 39.8 Å². The third-order valence-corrected chi connectivity index (χ3v) is 6.16. The van der Waals surface area contributed by atoms with Gasteiger partial charge in [-0.3, -0.25) is 4.79 Å². The van der Waals surface area contributed by atoms with Gasteiger partial charge in [0.2, 0.25) is 10.0 Å². The van der Waals surface area contributed by atoms with Crippen molar-refractivity contribution in [1.29, 1.82) is 0 Å². The van der Waals surface area contributed by atoms with Gasteiger partial charge >= 0.3 is 0 Å². The third-order valence-electron chi connectivity index (χ3n) is 3.79. The quantitative estimate of drug-likeness (QED) is 0.704. The summed E-state index contributed by atoms with van der Waals surface area (Å²) < 4.78 is 32.3. The Labute approximate surface area is 141 Å². The highest BCUT2D eigenvalue weighted by atomic mass is 35.5. The molecule has 0 atom stereocenters. The van der Waals surface area contributed by atoms with Gasteiger partial charge in [-0.25, -0.2) is 8.42 Å². The summed E-state index contributed by atoms with van der Waals surface area (Å²) in [5, 5.41) is 0.139. The number of quaternary nitrogens is 1. The van der Waals surface area contributed by atoms with Crippen LogP contribution in [-0.2, 0) is 14.8 Å². The first-order chi connectivity index (χ1) is 10.7. The van der Waals surface area contributed by atoms with Crippen LogP contribution in [0.15, 0.2) is 17.0 Å². The van der Waals surface area contributed by atoms with Gasteiger partial charge in [0.1, 0.15) is 10.6 Å². The van der Waals surface area contributed by atoms with E-state index in [1.807, 2.05) is 7.05 Å². The van der Waals surface area contributed by atoms with Crippen LogP contribution in [0.2, 0.25) is 5.02 Å². The Morgan fingerprint density at radius 2 is 2.00 bits per heavy atom. The summed E-state index contributed by atoms with van der Waals surface area (Å²) in [6, 6.07) is 2.88. The number of carbonyl (C=O) groups excluding carboxylic acids is 1. The van der Waals surface area contributed by atoms with Crippen molar-refractivity contribution in [2.24, 2.45) is 5.73 Å². The van der Waals surface area contributed by atoms with E-state index in [1.54, 1.807) is 6.92 Å². The van der Waals surface area contributed by atoms with E-state index in [4.69, 9.17) is 22.1 Å². The second kappa shape index (κ2) is 7.04. The van der Waals surface area contributed by atoms with Gasteiger partial charge in [-0.05, 0) is 18.6 Å². The summed E-state index contributed by atoms with van der Waals surface area (Å²) in [6.45, 7) is 3.77. The first kappa shape index (κ1) is 18.0. The molecular formula is C14H21ClN3O4S+. The molecule has 1 amide bonds. The molecule has 1 aromatic carbocycles. The lowest BCUT2D eigenvalue weighted by molar-refractivity contribution is -0.883. The van der Waals surface area contributed by atoms with E-state index in [9.17, 15) is 13.2 Å². The number of hydrogen-bond acceptors (Lipinski definition) is 4. The molecule has 1 aliphatic heterocycles. The number of halogens is 1. The smallest absolute Gasteiger partial charge is 0.255 e. The van der Waals surface area contributed by atoms with Crippen molar-refractivity contribution in [3.05, 3.63) is 22.7 Å². The van der Waals surface area contributed by atoms with E-state index in [0.717, 1.165) is 13.1 Å². The van der Waals surface area contributed by atoms with Crippen molar-refractivity contribution < 1.29 is 22.8 Å². The average Bonchev–Trinajstić information content (AvgIpc) is 2.46. The molecule has 0 bridgehead atoms. The molecule has 1 saturated heterocycles. The number of nitrogens with two attached hydrogens (primary N) is 1. The molecule has 0 saturated carbocycles. The summed E-state index contributed by atoms with van der Waals surface area (Å²) in [4.78, 5) is 12.1. The fourth-order valence-electron chi connectivity index (χ4n) is 2.38. The summed E-state index contributed by atoms with van der Waals surface area (Å²) in [7, 11) is -1.68. The highest BCUT2D eigenvalue weighted by Gasteiger charge is 2.31. The maximum absolute atomic E-state index is 12.8. The molecule has 1 aromatic rings. The van der Waals surface area contributed by atoms with E-state index in [2.05, 4.69) is 0 Å². The number of sulfonamides is 1. The van der Waals surface area contributed by atoms with Gasteiger partial charge in [0, 0.05) is 6.07 Å². The number of aryl methyl sites for hydroxylation is 1. The summed E-state index contributed by atoms with van der Waals surface area (Å²) in [6.07, 6.45) is 0. The fraction of sp³-hybridized carbons (Fsp3) is 0.500. The molecule has 1 fully saturated rings. The molecule has 0 aromatic heterocycles. The molecular weight excluding hydrogens is 342 g/mol. The molecule has 23 heavy (non-hydrogen) atoms. The SMILES string of the molecule is Cc1cc(Cl)c(S(=O)(=O)N2CC[NH+](C)CC2)cc1OCC(N)=O. The molecule has 9 heteroatoms. The minimum absolute atomic E-state index is 0.0104. The molecule has 1 heterocycles. The number of likely N-dealkylation sites (N-methyl/N-ethyl adjacent to an activating group) is 1. The topological polar surface area (TPSA) is 94.1 Å². The summed E-state index contributed by atoms with van der Waals surface area (Å²) >= 11 is 6.14. The predicted molar refractivity (Wildman–Crippen MR) is 86.3 cm³/mol. The highest BCUT2D eigenvalue weighted by Crippen LogP contribution is 2.31. The van der Waals surface area contributed by atoms with Crippen LogP contribution in [0, 0.1) is 6.92 Å². The van der Waals surface area contributed by atoms with Crippen LogP contribution in [0.1, 0.15) is 5.56 Å². The van der Waals surface area contributed by atoms with Gasteiger partial charge in [-0.2, -0.15) is 4.31 Å². The second-order valence-corrected chi connectivity index (χ2v) is 7.98. The van der Waals surface area contributed by atoms with Gasteiger partial charge < -0.3 is 15.4 Å². The number of primary amides is 1. The highest BCUT2D eigenvalue weighted by molar-refractivity contribution is 7.89. The predicted octanol–water partition coefficient (Wildman–Crippen LogP) is -0.968. The van der Waals surface area contributed by atoms with E-state index >= 15 is 0 Å². The molecule has 0 radical (unpaired) electrons. The first-order valence-electron chi connectivity index (χ1n) is 7.24. The van der Waals surface area contributed by atoms with Crippen LogP contribution < -0.4 is 15.4 Å². The van der Waals surface area contributed by atoms with Gasteiger partial charge in [0.15, 0.2) is 6.61 Å². The molecule has 0 unspecified atom stereocenters. The Bertz CT molecular complexity index is 700. The fourth-order valence-corrected chi connectivity index (χ4v) is 4.40. The largest absolute Gasteiger partial charge is 0.483 e. The van der Waals surface area contributed by atoms with Gasteiger partial charge in [0.05, 0.1) is 38.2 Å². The van der Waals surface area contributed by atoms with Crippen molar-refractivity contribution in [3.8, 4) is 5.75 Å². The van der Waals surface area contributed by atoms with Crippen LogP contribution in [-0.4, -0.2) is 58.5 Å². The molecule has 1 aliphatic rings. The maximum Gasteiger partial charge on any atom is 0.255 e. The van der Waals surface area contributed by atoms with Crippen molar-refractivity contribution in [2.45, 2.75) is 11.8 Å². The summed E-state index contributed by atoms with van der Waals surface area (Å²) in [5.41, 5.74) is 5.69. The van der Waals surface area contributed by atoms with Crippen LogP contribution in [0.25, 0.3) is 0 Å². The van der Waals surface area contributed by atoms with Gasteiger partial charge in [-0.15, -0.1) is 0 Å². The number of rotatable bonds is 5. The molecule has 7 nitrogen and oxygen atoms in total. The molecule has 128 valence electrons. The molecule has 0 spiro atoms. The zero-order valence-corrected chi connectivity index (χ0v) is 14.7. The number of amides is 1. The number of nitrogens with one attached hydrogen (secondary N) is 1. The van der Waals surface area contributed by atoms with Crippen LogP contribution in [0.3, 0.4) is 0 Å². The van der Waals surface area contributed by atoms with Gasteiger partial charge in [0.25, 0.3) is 5.91 Å². The first-order valence-corrected chi connectivity index (χ1v) is 9.06. The molecule has 2 rings (SSSR count). The number of benzene rings is 1. The number of hydrogen-bond donors (Lipinski definition) is 2. The Balaban J connectivity index is 2.33. The van der Waals surface area contributed by atoms with E-state index < -0.39 is 15.9 Å². The minimum Gasteiger partial charge on any atom is -0.483 e. The number of nitrogens with zero attached hydrogens (tertiary/aromatic N) is 1. The maximum atomic E-state index is 12.8. The van der Waals surface area contributed by atoms with Crippen LogP contribution in [0.5, 0.6) is 5.75 Å². The second-order valence-electron chi connectivity index (χ2n) is 5.66. The Kier molecular flexibility index (Phi) is 5.51. The van der Waals surface area contributed by atoms with Gasteiger partial charge in [-0.1, -0.05) is 11.6 Å². The van der Waals surface area contributed by atoms with Crippen LogP contribution in [0.4, 0.5) is 0 Å². The Morgan fingerprint density at radius 1 is 1.39 bits per heavy atom. The lowest BCUT2D eigenvalue weighted by Gasteiger charge is -2.29. The third kappa shape index (κ3) is 4.14. The molecule has 0 aliphatic carbocycles. The van der Waals surface area contributed by atoms with Crippen molar-refractivity contribution in [1.82, 2.24) is 4.31 Å². The van der Waals surface area contributed by atoms with Crippen LogP contribution >= 0.6 is 11.6 Å². The summed E-state index contributed by atoms with van der Waals surface area (Å²) in [5.74, 6) is -0.350. The Hall–Kier alpha value is -1.35. The average molecular weight is 363 g/mol. The lowest BCUT2D eigenvalue weighted by Crippen LogP contribution is -3.12. The minimum atomic E-state index is -3.70. The van der Waals surface area contributed by atoms with E-state index in [1.165, 1.54) is 21.3 Å². The number of piperazine rings is 1. The number of ether oxygens (including phenoxy) is 1. The lowest BCUT2D eigenvalue weighted by atomic mass is 10.2. The van der Waals surface area contributed by atoms with Crippen molar-refractivity contribution >= 4 is 27.5 Å². The molecule has 3 N–H and O–H groups in total. The van der Waals surface area contributed by atoms with Crippen molar-refractivity contribution in [3.63, 3.8) is 0 Å². The standard InChI is InChI=1S/C14H20ClN3O4S/c1-10-7-11(15)13(8-12(10)22-9-14(16)19)23(20,21)18-5-3-17(2)4-6-18/h7-8H,3-6,9H2,1-2H3,(H2,16,19)/p+1. The monoisotopic (exact) mass is 362 g/mol. The normalized spacial score (nSPS) is 17.2. The van der Waals surface area contributed by atoms with E-state index in [-0.39, 0.29) is 22.3 Å². The number of carbonyl (C=O) groups is 1.